The maximum atomic E-state index is 13.5. The molecule has 0 aliphatic carbocycles. The van der Waals surface area contributed by atoms with Gasteiger partial charge in [-0.2, -0.15) is 5.10 Å². The molecule has 1 fully saturated rings. The third-order valence-electron chi connectivity index (χ3n) is 5.37. The van der Waals surface area contributed by atoms with Gasteiger partial charge in [0.2, 0.25) is 0 Å². The van der Waals surface area contributed by atoms with Crippen molar-refractivity contribution in [3.05, 3.63) is 35.7 Å². The Balaban J connectivity index is 1.70. The predicted molar refractivity (Wildman–Crippen MR) is 118 cm³/mol. The number of aromatic nitrogens is 3. The van der Waals surface area contributed by atoms with E-state index in [4.69, 9.17) is 14.5 Å². The molecule has 1 aliphatic rings. The number of rotatable bonds is 7. The van der Waals surface area contributed by atoms with Gasteiger partial charge in [0.1, 0.15) is 17.0 Å². The molecule has 0 bridgehead atoms. The first-order valence-corrected chi connectivity index (χ1v) is 11.0. The highest BCUT2D eigenvalue weighted by Crippen LogP contribution is 2.36. The van der Waals surface area contributed by atoms with Crippen molar-refractivity contribution in [3.8, 4) is 5.75 Å². The number of nitrogens with zero attached hydrogens (tertiary/aromatic N) is 5. The first kappa shape index (κ1) is 20.8. The van der Waals surface area contributed by atoms with Crippen LogP contribution in [0.3, 0.4) is 0 Å². The van der Waals surface area contributed by atoms with Crippen LogP contribution in [-0.2, 0) is 11.3 Å². The summed E-state index contributed by atoms with van der Waals surface area (Å²) in [7, 11) is 1.64. The van der Waals surface area contributed by atoms with Gasteiger partial charge in [-0.3, -0.25) is 19.3 Å². The zero-order valence-corrected chi connectivity index (χ0v) is 18.4. The monoisotopic (exact) mass is 429 g/mol. The van der Waals surface area contributed by atoms with Gasteiger partial charge in [-0.1, -0.05) is 17.4 Å². The van der Waals surface area contributed by atoms with E-state index in [1.165, 1.54) is 11.3 Å². The predicted octanol–water partition coefficient (Wildman–Crippen LogP) is 2.81. The zero-order chi connectivity index (χ0) is 21.1. The molecule has 3 heterocycles. The molecule has 0 N–H and O–H groups in total. The zero-order valence-electron chi connectivity index (χ0n) is 17.6. The van der Waals surface area contributed by atoms with Gasteiger partial charge < -0.3 is 9.47 Å². The molecule has 1 aromatic carbocycles. The van der Waals surface area contributed by atoms with E-state index < -0.39 is 0 Å². The van der Waals surface area contributed by atoms with Crippen LogP contribution in [-0.4, -0.2) is 72.1 Å². The van der Waals surface area contributed by atoms with Crippen LogP contribution in [0.2, 0.25) is 0 Å². The molecule has 1 saturated heterocycles. The number of carbonyl (C=O) groups is 1. The second-order valence-corrected chi connectivity index (χ2v) is 8.18. The highest BCUT2D eigenvalue weighted by molar-refractivity contribution is 7.22. The van der Waals surface area contributed by atoms with E-state index in [1.54, 1.807) is 29.0 Å². The van der Waals surface area contributed by atoms with Crippen LogP contribution >= 0.6 is 11.3 Å². The molecule has 1 amide bonds. The van der Waals surface area contributed by atoms with Gasteiger partial charge in [0.05, 0.1) is 25.0 Å². The van der Waals surface area contributed by atoms with Crippen molar-refractivity contribution in [2.24, 2.45) is 0 Å². The highest BCUT2D eigenvalue weighted by atomic mass is 32.1. The van der Waals surface area contributed by atoms with Crippen molar-refractivity contribution in [3.63, 3.8) is 0 Å². The van der Waals surface area contributed by atoms with E-state index in [9.17, 15) is 4.79 Å². The SMILES string of the molecule is CCn1nccc1C(=O)N(CCN1CCOCC1)c1nc2c(OC)ccc(C)c2s1. The lowest BCUT2D eigenvalue weighted by molar-refractivity contribution is 0.0391. The van der Waals surface area contributed by atoms with E-state index in [-0.39, 0.29) is 5.91 Å². The van der Waals surface area contributed by atoms with Gasteiger partial charge in [0, 0.05) is 38.9 Å². The standard InChI is InChI=1S/C21H27N5O3S/c1-4-26-16(7-8-22-26)20(27)25(10-9-24-11-13-29-14-12-24)21-23-18-17(28-3)6-5-15(2)19(18)30-21/h5-8H,4,9-14H2,1-3H3. The summed E-state index contributed by atoms with van der Waals surface area (Å²) in [5.41, 5.74) is 2.49. The van der Waals surface area contributed by atoms with Crippen molar-refractivity contribution < 1.29 is 14.3 Å². The first-order valence-electron chi connectivity index (χ1n) is 10.2. The Hall–Kier alpha value is -2.49. The molecule has 0 radical (unpaired) electrons. The largest absolute Gasteiger partial charge is 0.494 e. The van der Waals surface area contributed by atoms with E-state index in [0.29, 0.717) is 23.9 Å². The van der Waals surface area contributed by atoms with Crippen molar-refractivity contribution >= 4 is 32.6 Å². The maximum absolute atomic E-state index is 13.5. The maximum Gasteiger partial charge on any atom is 0.278 e. The number of methoxy groups -OCH3 is 1. The quantitative estimate of drug-likeness (QED) is 0.575. The molecule has 2 aromatic heterocycles. The number of fused-ring (bicyclic) bond motifs is 1. The van der Waals surface area contributed by atoms with Crippen molar-refractivity contribution in [1.82, 2.24) is 19.7 Å². The fourth-order valence-electron chi connectivity index (χ4n) is 3.63. The number of amides is 1. The number of hydrogen-bond donors (Lipinski definition) is 0. The van der Waals surface area contributed by atoms with E-state index in [2.05, 4.69) is 16.9 Å². The second-order valence-electron chi connectivity index (χ2n) is 7.20. The van der Waals surface area contributed by atoms with Crippen molar-refractivity contribution in [1.29, 1.82) is 0 Å². The lowest BCUT2D eigenvalue weighted by Crippen LogP contribution is -2.43. The van der Waals surface area contributed by atoms with Crippen LogP contribution in [0.5, 0.6) is 5.75 Å². The Morgan fingerprint density at radius 1 is 1.30 bits per heavy atom. The Bertz CT molecular complexity index is 1020. The van der Waals surface area contributed by atoms with Crippen LogP contribution in [0.4, 0.5) is 5.13 Å². The number of anilines is 1. The Morgan fingerprint density at radius 3 is 2.83 bits per heavy atom. The van der Waals surface area contributed by atoms with Gasteiger partial charge in [-0.25, -0.2) is 4.98 Å². The van der Waals surface area contributed by atoms with E-state index in [1.807, 2.05) is 19.1 Å². The third-order valence-corrected chi connectivity index (χ3v) is 6.58. The summed E-state index contributed by atoms with van der Waals surface area (Å²) in [5.74, 6) is 0.635. The summed E-state index contributed by atoms with van der Waals surface area (Å²) in [6, 6.07) is 5.72. The minimum absolute atomic E-state index is 0.0849. The van der Waals surface area contributed by atoms with Crippen LogP contribution in [0.25, 0.3) is 10.2 Å². The number of benzene rings is 1. The Morgan fingerprint density at radius 2 is 2.10 bits per heavy atom. The van der Waals surface area contributed by atoms with E-state index >= 15 is 0 Å². The van der Waals surface area contributed by atoms with Crippen LogP contribution < -0.4 is 9.64 Å². The third kappa shape index (κ3) is 4.05. The molecule has 8 nitrogen and oxygen atoms in total. The molecular formula is C21H27N5O3S. The lowest BCUT2D eigenvalue weighted by atomic mass is 10.2. The lowest BCUT2D eigenvalue weighted by Gasteiger charge is -2.29. The summed E-state index contributed by atoms with van der Waals surface area (Å²) in [6.07, 6.45) is 1.67. The fourth-order valence-corrected chi connectivity index (χ4v) is 4.71. The molecule has 9 heteroatoms. The number of carbonyl (C=O) groups excluding carboxylic acids is 1. The average molecular weight is 430 g/mol. The van der Waals surface area contributed by atoms with Crippen LogP contribution in [0.1, 0.15) is 23.0 Å². The number of ether oxygens (including phenoxy) is 2. The molecule has 0 atom stereocenters. The van der Waals surface area contributed by atoms with Crippen LogP contribution in [0.15, 0.2) is 24.4 Å². The molecule has 0 spiro atoms. The smallest absolute Gasteiger partial charge is 0.278 e. The minimum atomic E-state index is -0.0849. The Labute approximate surface area is 180 Å². The highest BCUT2D eigenvalue weighted by Gasteiger charge is 2.26. The summed E-state index contributed by atoms with van der Waals surface area (Å²) in [4.78, 5) is 22.5. The normalized spacial score (nSPS) is 14.9. The number of thiazole rings is 1. The molecule has 3 aromatic rings. The topological polar surface area (TPSA) is 72.7 Å². The van der Waals surface area contributed by atoms with Gasteiger partial charge in [-0.15, -0.1) is 0 Å². The van der Waals surface area contributed by atoms with Crippen LogP contribution in [0, 0.1) is 6.92 Å². The van der Waals surface area contributed by atoms with Gasteiger partial charge in [0.25, 0.3) is 5.91 Å². The molecular weight excluding hydrogens is 402 g/mol. The number of hydrogen-bond acceptors (Lipinski definition) is 7. The van der Waals surface area contributed by atoms with Crippen molar-refractivity contribution in [2.75, 3.05) is 51.4 Å². The molecule has 1 aliphatic heterocycles. The number of aryl methyl sites for hydroxylation is 2. The number of morpholine rings is 1. The molecule has 0 saturated carbocycles. The van der Waals surface area contributed by atoms with Crippen molar-refractivity contribution in [2.45, 2.75) is 20.4 Å². The summed E-state index contributed by atoms with van der Waals surface area (Å²) < 4.78 is 13.7. The molecule has 4 rings (SSSR count). The minimum Gasteiger partial charge on any atom is -0.494 e. The Kier molecular flexibility index (Phi) is 6.31. The second kappa shape index (κ2) is 9.11. The first-order chi connectivity index (χ1) is 14.6. The average Bonchev–Trinajstić information content (AvgIpc) is 3.42. The molecule has 160 valence electrons. The molecule has 0 unspecified atom stereocenters. The van der Waals surface area contributed by atoms with Gasteiger partial charge in [0.15, 0.2) is 5.13 Å². The fraction of sp³-hybridized carbons (Fsp3) is 0.476. The summed E-state index contributed by atoms with van der Waals surface area (Å²) in [5, 5.41) is 4.95. The van der Waals surface area contributed by atoms with Gasteiger partial charge in [-0.05, 0) is 31.5 Å². The van der Waals surface area contributed by atoms with E-state index in [0.717, 1.165) is 54.4 Å². The molecule has 30 heavy (non-hydrogen) atoms. The summed E-state index contributed by atoms with van der Waals surface area (Å²) in [6.45, 7) is 9.20. The summed E-state index contributed by atoms with van der Waals surface area (Å²) >= 11 is 1.53. The van der Waals surface area contributed by atoms with Gasteiger partial charge >= 0.3 is 0 Å².